The third-order valence-corrected chi connectivity index (χ3v) is 5.89. The Balaban J connectivity index is 1.77. The second kappa shape index (κ2) is 13.2. The van der Waals surface area contributed by atoms with Crippen LogP contribution >= 0.6 is 23.8 Å². The van der Waals surface area contributed by atoms with E-state index in [1.807, 2.05) is 6.07 Å². The van der Waals surface area contributed by atoms with Crippen LogP contribution in [0.1, 0.15) is 38.1 Å². The van der Waals surface area contributed by atoms with Crippen molar-refractivity contribution in [3.05, 3.63) is 82.9 Å². The van der Waals surface area contributed by atoms with Gasteiger partial charge in [-0.15, -0.1) is 0 Å². The summed E-state index contributed by atoms with van der Waals surface area (Å²) in [6.07, 6.45) is -0.253. The fourth-order valence-corrected chi connectivity index (χ4v) is 4.05. The van der Waals surface area contributed by atoms with Crippen LogP contribution < -0.4 is 19.5 Å². The minimum absolute atomic E-state index is 0.0243. The maximum absolute atomic E-state index is 13.7. The number of thiocarbonyl (C=S) groups is 1. The van der Waals surface area contributed by atoms with Crippen molar-refractivity contribution >= 4 is 40.7 Å². The normalized spacial score (nSPS) is 13.0. The highest BCUT2D eigenvalue weighted by Crippen LogP contribution is 2.32. The zero-order valence-corrected chi connectivity index (χ0v) is 22.6. The van der Waals surface area contributed by atoms with Gasteiger partial charge in [0.15, 0.2) is 11.9 Å². The van der Waals surface area contributed by atoms with Crippen LogP contribution in [0.2, 0.25) is 5.02 Å². The number of aromatic nitrogens is 1. The summed E-state index contributed by atoms with van der Waals surface area (Å²) in [7, 11) is 1.41. The predicted octanol–water partition coefficient (Wildman–Crippen LogP) is 5.21. The van der Waals surface area contributed by atoms with Crippen molar-refractivity contribution in [1.82, 2.24) is 10.3 Å². The van der Waals surface area contributed by atoms with Crippen molar-refractivity contribution < 1.29 is 32.9 Å². The molecule has 0 aliphatic carbocycles. The third kappa shape index (κ3) is 7.39. The fraction of sp³-hybridized carbons (Fsp3) is 0.259. The minimum atomic E-state index is -0.927. The highest BCUT2D eigenvalue weighted by Gasteiger charge is 2.30. The van der Waals surface area contributed by atoms with Crippen LogP contribution in [-0.4, -0.2) is 41.2 Å². The molecule has 1 N–H and O–H groups in total. The van der Waals surface area contributed by atoms with Crippen LogP contribution in [0.5, 0.6) is 17.2 Å². The van der Waals surface area contributed by atoms with Crippen LogP contribution in [0.4, 0.5) is 4.39 Å². The number of hydrogen-bond donors (Lipinski definition) is 1. The summed E-state index contributed by atoms with van der Waals surface area (Å²) >= 11 is 11.7. The van der Waals surface area contributed by atoms with Crippen LogP contribution in [0.3, 0.4) is 0 Å². The molecular weight excluding hydrogens is 535 g/mol. The maximum Gasteiger partial charge on any atom is 0.328 e. The second-order valence-corrected chi connectivity index (χ2v) is 8.95. The first-order chi connectivity index (χ1) is 18.1. The lowest BCUT2D eigenvalue weighted by Gasteiger charge is -2.27. The second-order valence-electron chi connectivity index (χ2n) is 8.14. The number of nitrogens with one attached hydrogen (secondary N) is 1. The van der Waals surface area contributed by atoms with E-state index in [0.29, 0.717) is 11.3 Å². The van der Waals surface area contributed by atoms with Gasteiger partial charge in [-0.25, -0.2) is 14.2 Å². The Kier molecular flexibility index (Phi) is 9.98. The van der Waals surface area contributed by atoms with Crippen molar-refractivity contribution in [3.63, 3.8) is 0 Å². The molecule has 1 aromatic heterocycles. The molecule has 0 fully saturated rings. The molecule has 1 heterocycles. The summed E-state index contributed by atoms with van der Waals surface area (Å²) in [5.74, 6) is -0.976. The number of nitrogens with zero attached hydrogens (tertiary/aromatic N) is 1. The molecular formula is C27H26ClFN2O6S. The number of methoxy groups -OCH3 is 1. The number of para-hydroxylation sites is 1. The van der Waals surface area contributed by atoms with Gasteiger partial charge in [0.05, 0.1) is 12.1 Å². The van der Waals surface area contributed by atoms with Crippen molar-refractivity contribution in [1.29, 1.82) is 0 Å². The lowest BCUT2D eigenvalue weighted by Crippen LogP contribution is -2.41. The number of carbonyl (C=O) groups excluding carboxylic acids is 2. The van der Waals surface area contributed by atoms with Gasteiger partial charge in [-0.1, -0.05) is 48.1 Å². The number of halogens is 2. The molecule has 200 valence electrons. The highest BCUT2D eigenvalue weighted by atomic mass is 35.5. The average Bonchev–Trinajstić information content (AvgIpc) is 2.87. The Labute approximate surface area is 230 Å². The first kappa shape index (κ1) is 28.8. The zero-order chi connectivity index (χ0) is 27.8. The summed E-state index contributed by atoms with van der Waals surface area (Å²) in [6.45, 7) is 4.42. The summed E-state index contributed by atoms with van der Waals surface area (Å²) in [5.41, 5.74) is 0.561. The van der Waals surface area contributed by atoms with Gasteiger partial charge in [0.25, 0.3) is 0 Å². The van der Waals surface area contributed by atoms with E-state index >= 15 is 0 Å². The number of carbonyl (C=O) groups is 2. The van der Waals surface area contributed by atoms with Crippen LogP contribution in [0.25, 0.3) is 0 Å². The molecule has 3 rings (SSSR count). The molecule has 0 saturated heterocycles. The molecule has 8 nitrogen and oxygen atoms in total. The van der Waals surface area contributed by atoms with Gasteiger partial charge in [0, 0.05) is 24.8 Å². The summed E-state index contributed by atoms with van der Waals surface area (Å²) in [5, 5.41) is 2.97. The van der Waals surface area contributed by atoms with E-state index in [0.717, 1.165) is 6.07 Å². The van der Waals surface area contributed by atoms with E-state index in [1.54, 1.807) is 38.1 Å². The van der Waals surface area contributed by atoms with E-state index in [9.17, 15) is 14.0 Å². The molecule has 3 aromatic rings. The minimum Gasteiger partial charge on any atom is -0.493 e. The van der Waals surface area contributed by atoms with Gasteiger partial charge in [-0.3, -0.25) is 4.79 Å². The molecule has 0 spiro atoms. The number of pyridine rings is 1. The van der Waals surface area contributed by atoms with Gasteiger partial charge >= 0.3 is 11.9 Å². The van der Waals surface area contributed by atoms with Gasteiger partial charge in [-0.05, 0) is 38.1 Å². The Bertz CT molecular complexity index is 1310. The van der Waals surface area contributed by atoms with Gasteiger partial charge in [0.2, 0.25) is 5.75 Å². The summed E-state index contributed by atoms with van der Waals surface area (Å²) in [4.78, 5) is 28.8. The third-order valence-electron chi connectivity index (χ3n) is 5.25. The molecule has 0 aliphatic rings. The smallest absolute Gasteiger partial charge is 0.328 e. The first-order valence-corrected chi connectivity index (χ1v) is 12.3. The molecule has 0 radical (unpaired) electrons. The molecule has 0 unspecified atom stereocenters. The quantitative estimate of drug-likeness (QED) is 0.265. The molecule has 38 heavy (non-hydrogen) atoms. The number of ether oxygens (including phenoxy) is 4. The van der Waals surface area contributed by atoms with E-state index < -0.39 is 36.0 Å². The van der Waals surface area contributed by atoms with Gasteiger partial charge in [0.1, 0.15) is 34.4 Å². The standard InChI is InChI=1S/C27H26ClFN2O6S/c1-15(31-26(38)23-25(36-17(3)32)22(34-4)12-13-30-23)27(33)35-16(2)24(37-19-8-6-5-7-9-19)20-11-10-18(29)14-21(20)28/h5-16,24H,1-4H3,(H,31,38)/t15-,16-,24-/m0/s1. The zero-order valence-electron chi connectivity index (χ0n) is 21.1. The molecule has 0 amide bonds. The van der Waals surface area contributed by atoms with E-state index in [2.05, 4.69) is 10.3 Å². The van der Waals surface area contributed by atoms with Crippen molar-refractivity contribution in [2.24, 2.45) is 0 Å². The predicted molar refractivity (Wildman–Crippen MR) is 143 cm³/mol. The highest BCUT2D eigenvalue weighted by molar-refractivity contribution is 7.80. The average molecular weight is 561 g/mol. The monoisotopic (exact) mass is 560 g/mol. The Morgan fingerprint density at radius 1 is 1.11 bits per heavy atom. The summed E-state index contributed by atoms with van der Waals surface area (Å²) in [6, 6.07) is 13.4. The number of hydrogen-bond acceptors (Lipinski definition) is 8. The Morgan fingerprint density at radius 2 is 1.82 bits per heavy atom. The Morgan fingerprint density at radius 3 is 2.45 bits per heavy atom. The Hall–Kier alpha value is -3.76. The SMILES string of the molecule is COc1ccnc(C(=S)N[C@@H](C)C(=O)O[C@@H](C)[C@H](Oc2ccccc2)c2ccc(F)cc2Cl)c1OC(C)=O. The van der Waals surface area contributed by atoms with E-state index in [4.69, 9.17) is 42.8 Å². The van der Waals surface area contributed by atoms with E-state index in [-0.39, 0.29) is 27.2 Å². The number of esters is 2. The van der Waals surface area contributed by atoms with Crippen LogP contribution in [-0.2, 0) is 14.3 Å². The van der Waals surface area contributed by atoms with Crippen LogP contribution in [0, 0.1) is 5.82 Å². The molecule has 0 saturated carbocycles. The molecule has 0 bridgehead atoms. The van der Waals surface area contributed by atoms with Crippen LogP contribution in [0.15, 0.2) is 60.8 Å². The van der Waals surface area contributed by atoms with Crippen molar-refractivity contribution in [2.45, 2.75) is 39.0 Å². The first-order valence-electron chi connectivity index (χ1n) is 11.5. The van der Waals surface area contributed by atoms with Crippen molar-refractivity contribution in [3.8, 4) is 17.2 Å². The van der Waals surface area contributed by atoms with Crippen molar-refractivity contribution in [2.75, 3.05) is 7.11 Å². The van der Waals surface area contributed by atoms with E-state index in [1.165, 1.54) is 38.4 Å². The molecule has 11 heteroatoms. The molecule has 0 aliphatic heterocycles. The number of benzene rings is 2. The number of rotatable bonds is 10. The fourth-order valence-electron chi connectivity index (χ4n) is 3.46. The largest absolute Gasteiger partial charge is 0.493 e. The molecule has 3 atom stereocenters. The lowest BCUT2D eigenvalue weighted by atomic mass is 10.0. The molecule has 2 aromatic carbocycles. The summed E-state index contributed by atoms with van der Waals surface area (Å²) < 4.78 is 35.9. The topological polar surface area (TPSA) is 96.0 Å². The lowest BCUT2D eigenvalue weighted by molar-refractivity contribution is -0.154. The maximum atomic E-state index is 13.7. The van der Waals surface area contributed by atoms with Gasteiger partial charge in [-0.2, -0.15) is 0 Å². The van der Waals surface area contributed by atoms with Gasteiger partial charge < -0.3 is 24.3 Å².